The third kappa shape index (κ3) is 1.05. The van der Waals surface area contributed by atoms with Gasteiger partial charge in [0, 0.05) is 18.8 Å². The maximum atomic E-state index is 10.8. The summed E-state index contributed by atoms with van der Waals surface area (Å²) in [6.45, 7) is 1.49. The Morgan fingerprint density at radius 3 is 2.67 bits per heavy atom. The molecule has 2 aliphatic carbocycles. The van der Waals surface area contributed by atoms with Crippen LogP contribution in [0, 0.1) is 11.8 Å². The average molecular weight is 167 g/mol. The Morgan fingerprint density at radius 2 is 2.17 bits per heavy atom. The number of hydrogen-bond donors (Lipinski definition) is 2. The van der Waals surface area contributed by atoms with Crippen molar-refractivity contribution in [2.24, 2.45) is 11.8 Å². The molecule has 0 aliphatic heterocycles. The van der Waals surface area contributed by atoms with E-state index in [0.717, 1.165) is 6.42 Å². The molecule has 0 aromatic rings. The smallest absolute Gasteiger partial charge is 0.217 e. The summed E-state index contributed by atoms with van der Waals surface area (Å²) in [4.78, 5) is 10.8. The minimum atomic E-state index is -0.371. The van der Waals surface area contributed by atoms with Crippen molar-refractivity contribution in [2.75, 3.05) is 0 Å². The van der Waals surface area contributed by atoms with E-state index in [1.54, 1.807) is 0 Å². The molecule has 0 saturated heterocycles. The van der Waals surface area contributed by atoms with Crippen molar-refractivity contribution >= 4 is 5.91 Å². The summed E-state index contributed by atoms with van der Waals surface area (Å²) in [7, 11) is 0. The Labute approximate surface area is 71.5 Å². The van der Waals surface area contributed by atoms with Gasteiger partial charge in [-0.05, 0) is 6.42 Å². The zero-order valence-corrected chi connectivity index (χ0v) is 7.03. The van der Waals surface area contributed by atoms with Crippen LogP contribution in [0.2, 0.25) is 0 Å². The number of nitrogens with one attached hydrogen (secondary N) is 1. The first-order valence-corrected chi connectivity index (χ1v) is 4.32. The molecule has 4 unspecified atom stereocenters. The minimum Gasteiger partial charge on any atom is -0.390 e. The normalized spacial score (nSPS) is 43.5. The van der Waals surface area contributed by atoms with Crippen LogP contribution in [0.15, 0.2) is 12.2 Å². The van der Waals surface area contributed by atoms with Crippen LogP contribution in [0.4, 0.5) is 0 Å². The summed E-state index contributed by atoms with van der Waals surface area (Å²) in [5.74, 6) is 0.570. The number of rotatable bonds is 1. The lowest BCUT2D eigenvalue weighted by molar-refractivity contribution is -0.120. The van der Waals surface area contributed by atoms with E-state index >= 15 is 0 Å². The lowest BCUT2D eigenvalue weighted by Crippen LogP contribution is -2.44. The van der Waals surface area contributed by atoms with Gasteiger partial charge in [-0.1, -0.05) is 12.2 Å². The van der Waals surface area contributed by atoms with Crippen molar-refractivity contribution < 1.29 is 9.90 Å². The summed E-state index contributed by atoms with van der Waals surface area (Å²) in [5.41, 5.74) is 0. The molecule has 1 saturated carbocycles. The minimum absolute atomic E-state index is 0.0440. The van der Waals surface area contributed by atoms with Gasteiger partial charge in [0.05, 0.1) is 12.1 Å². The van der Waals surface area contributed by atoms with E-state index in [9.17, 15) is 9.90 Å². The van der Waals surface area contributed by atoms with Gasteiger partial charge < -0.3 is 10.4 Å². The average Bonchev–Trinajstić information content (AvgIpc) is 2.53. The largest absolute Gasteiger partial charge is 0.390 e. The second-order valence-corrected chi connectivity index (χ2v) is 3.67. The van der Waals surface area contributed by atoms with Crippen LogP contribution >= 0.6 is 0 Å². The molecule has 0 aromatic heterocycles. The Morgan fingerprint density at radius 1 is 1.50 bits per heavy atom. The van der Waals surface area contributed by atoms with E-state index in [0.29, 0.717) is 5.92 Å². The van der Waals surface area contributed by atoms with Crippen molar-refractivity contribution in [3.8, 4) is 0 Å². The highest BCUT2D eigenvalue weighted by molar-refractivity contribution is 5.73. The van der Waals surface area contributed by atoms with Crippen LogP contribution in [-0.2, 0) is 4.79 Å². The first kappa shape index (κ1) is 7.80. The Bertz CT molecular complexity index is 237. The quantitative estimate of drug-likeness (QED) is 0.542. The zero-order valence-electron chi connectivity index (χ0n) is 7.03. The predicted molar refractivity (Wildman–Crippen MR) is 44.3 cm³/mol. The van der Waals surface area contributed by atoms with Crippen LogP contribution < -0.4 is 5.32 Å². The lowest BCUT2D eigenvalue weighted by atomic mass is 9.99. The predicted octanol–water partition coefficient (Wildman–Crippen LogP) is 0.0579. The van der Waals surface area contributed by atoms with Crippen molar-refractivity contribution in [3.63, 3.8) is 0 Å². The molecule has 1 amide bonds. The Balaban J connectivity index is 2.08. The van der Waals surface area contributed by atoms with E-state index in [-0.39, 0.29) is 24.0 Å². The van der Waals surface area contributed by atoms with E-state index in [4.69, 9.17) is 0 Å². The molecule has 1 fully saturated rings. The maximum absolute atomic E-state index is 10.8. The van der Waals surface area contributed by atoms with Crippen LogP contribution in [0.5, 0.6) is 0 Å². The van der Waals surface area contributed by atoms with Crippen LogP contribution in [-0.4, -0.2) is 23.2 Å². The second-order valence-electron chi connectivity index (χ2n) is 3.67. The number of amides is 1. The Hall–Kier alpha value is -0.830. The number of hydrogen-bond acceptors (Lipinski definition) is 2. The third-order valence-corrected chi connectivity index (χ3v) is 2.79. The highest BCUT2D eigenvalue weighted by Crippen LogP contribution is 2.39. The molecular formula is C9H13NO2. The maximum Gasteiger partial charge on any atom is 0.217 e. The topological polar surface area (TPSA) is 49.3 Å². The monoisotopic (exact) mass is 167 g/mol. The van der Waals surface area contributed by atoms with E-state index in [1.165, 1.54) is 6.92 Å². The fraction of sp³-hybridized carbons (Fsp3) is 0.667. The molecule has 0 heterocycles. The zero-order chi connectivity index (χ0) is 8.72. The number of aliphatic hydroxyl groups is 1. The van der Waals surface area contributed by atoms with Gasteiger partial charge in [-0.3, -0.25) is 4.79 Å². The highest BCUT2D eigenvalue weighted by Gasteiger charge is 2.43. The van der Waals surface area contributed by atoms with Crippen molar-refractivity contribution in [2.45, 2.75) is 25.5 Å². The highest BCUT2D eigenvalue weighted by atomic mass is 16.3. The summed E-state index contributed by atoms with van der Waals surface area (Å²) in [6.07, 6.45) is 4.77. The molecule has 0 radical (unpaired) electrons. The van der Waals surface area contributed by atoms with Gasteiger partial charge in [0.25, 0.3) is 0 Å². The van der Waals surface area contributed by atoms with E-state index < -0.39 is 0 Å². The van der Waals surface area contributed by atoms with Gasteiger partial charge in [-0.15, -0.1) is 0 Å². The lowest BCUT2D eigenvalue weighted by Gasteiger charge is -2.23. The fourth-order valence-electron chi connectivity index (χ4n) is 2.22. The molecule has 2 rings (SSSR count). The molecule has 2 aliphatic rings. The molecule has 4 atom stereocenters. The molecule has 66 valence electrons. The first-order chi connectivity index (χ1) is 5.68. The van der Waals surface area contributed by atoms with Crippen LogP contribution in [0.1, 0.15) is 13.3 Å². The molecule has 12 heavy (non-hydrogen) atoms. The molecular weight excluding hydrogens is 154 g/mol. The molecule has 2 N–H and O–H groups in total. The van der Waals surface area contributed by atoms with E-state index in [1.807, 2.05) is 6.08 Å². The first-order valence-electron chi connectivity index (χ1n) is 4.32. The van der Waals surface area contributed by atoms with Gasteiger partial charge >= 0.3 is 0 Å². The molecule has 3 nitrogen and oxygen atoms in total. The van der Waals surface area contributed by atoms with Crippen molar-refractivity contribution in [1.82, 2.24) is 5.32 Å². The molecule has 0 aromatic carbocycles. The molecule has 0 spiro atoms. The number of carbonyl (C=O) groups excluding carboxylic acids is 1. The molecule has 3 heteroatoms. The van der Waals surface area contributed by atoms with Crippen LogP contribution in [0.25, 0.3) is 0 Å². The van der Waals surface area contributed by atoms with Crippen molar-refractivity contribution in [1.29, 1.82) is 0 Å². The van der Waals surface area contributed by atoms with Gasteiger partial charge in [0.1, 0.15) is 0 Å². The SMILES string of the molecule is CC(=O)NC1C2C=CC(C2)C1O. The molecule has 2 bridgehead atoms. The van der Waals surface area contributed by atoms with Crippen molar-refractivity contribution in [3.05, 3.63) is 12.2 Å². The number of carbonyl (C=O) groups is 1. The van der Waals surface area contributed by atoms with Gasteiger partial charge in [0.15, 0.2) is 0 Å². The summed E-state index contributed by atoms with van der Waals surface area (Å²) >= 11 is 0. The third-order valence-electron chi connectivity index (χ3n) is 2.79. The summed E-state index contributed by atoms with van der Waals surface area (Å²) < 4.78 is 0. The van der Waals surface area contributed by atoms with E-state index in [2.05, 4.69) is 11.4 Å². The Kier molecular flexibility index (Phi) is 1.68. The summed E-state index contributed by atoms with van der Waals surface area (Å²) in [6, 6.07) is -0.0440. The van der Waals surface area contributed by atoms with Gasteiger partial charge in [-0.2, -0.15) is 0 Å². The fourth-order valence-corrected chi connectivity index (χ4v) is 2.22. The van der Waals surface area contributed by atoms with Gasteiger partial charge in [0.2, 0.25) is 5.91 Å². The number of fused-ring (bicyclic) bond motifs is 2. The summed E-state index contributed by atoms with van der Waals surface area (Å²) in [5, 5.41) is 12.4. The number of aliphatic hydroxyl groups excluding tert-OH is 1. The standard InChI is InChI=1S/C9H13NO2/c1-5(11)10-8-6-2-3-7(4-6)9(8)12/h2-3,6-9,12H,4H2,1H3,(H,10,11). The second kappa shape index (κ2) is 2.59. The van der Waals surface area contributed by atoms with Gasteiger partial charge in [-0.25, -0.2) is 0 Å². The van der Waals surface area contributed by atoms with Crippen LogP contribution in [0.3, 0.4) is 0 Å².